The molecule has 0 aliphatic rings. The van der Waals surface area contributed by atoms with E-state index in [-0.39, 0.29) is 6.04 Å². The average Bonchev–Trinajstić information content (AvgIpc) is 2.41. The van der Waals surface area contributed by atoms with E-state index in [0.717, 1.165) is 11.1 Å². The SMILES string of the molecule is NNC(Cc1ccc(Cl)c(Cl)c1)c1ccncc1Cl. The van der Waals surface area contributed by atoms with Crippen molar-refractivity contribution in [1.82, 2.24) is 10.4 Å². The molecule has 19 heavy (non-hydrogen) atoms. The molecule has 0 spiro atoms. The first-order chi connectivity index (χ1) is 9.11. The number of benzene rings is 1. The maximum atomic E-state index is 6.12. The predicted octanol–water partition coefficient (Wildman–Crippen LogP) is 3.79. The van der Waals surface area contributed by atoms with Crippen LogP contribution >= 0.6 is 34.8 Å². The number of halogens is 3. The van der Waals surface area contributed by atoms with E-state index in [1.807, 2.05) is 18.2 Å². The zero-order valence-electron chi connectivity index (χ0n) is 9.91. The fraction of sp³-hybridized carbons (Fsp3) is 0.154. The maximum absolute atomic E-state index is 6.12. The summed E-state index contributed by atoms with van der Waals surface area (Å²) in [6.45, 7) is 0. The molecule has 0 amide bonds. The second-order valence-corrected chi connectivity index (χ2v) is 5.29. The van der Waals surface area contributed by atoms with Crippen molar-refractivity contribution in [1.29, 1.82) is 0 Å². The lowest BCUT2D eigenvalue weighted by Crippen LogP contribution is -2.29. The highest BCUT2D eigenvalue weighted by atomic mass is 35.5. The van der Waals surface area contributed by atoms with E-state index in [4.69, 9.17) is 40.6 Å². The summed E-state index contributed by atoms with van der Waals surface area (Å²) in [6, 6.07) is 7.22. The van der Waals surface area contributed by atoms with Crippen molar-refractivity contribution in [3.05, 3.63) is 62.9 Å². The summed E-state index contributed by atoms with van der Waals surface area (Å²) in [6.07, 6.45) is 3.92. The summed E-state index contributed by atoms with van der Waals surface area (Å²) in [7, 11) is 0. The van der Waals surface area contributed by atoms with E-state index in [1.165, 1.54) is 0 Å². The van der Waals surface area contributed by atoms with Gasteiger partial charge in [-0.25, -0.2) is 0 Å². The van der Waals surface area contributed by atoms with Gasteiger partial charge in [-0.15, -0.1) is 0 Å². The zero-order chi connectivity index (χ0) is 13.8. The van der Waals surface area contributed by atoms with Crippen LogP contribution < -0.4 is 11.3 Å². The molecule has 2 rings (SSSR count). The van der Waals surface area contributed by atoms with E-state index in [2.05, 4.69) is 10.4 Å². The lowest BCUT2D eigenvalue weighted by atomic mass is 10.0. The average molecular weight is 317 g/mol. The monoisotopic (exact) mass is 315 g/mol. The first-order valence-corrected chi connectivity index (χ1v) is 6.74. The summed E-state index contributed by atoms with van der Waals surface area (Å²) in [5, 5.41) is 1.63. The van der Waals surface area contributed by atoms with Crippen LogP contribution in [0.15, 0.2) is 36.7 Å². The molecule has 1 unspecified atom stereocenters. The van der Waals surface area contributed by atoms with Crippen LogP contribution in [0.5, 0.6) is 0 Å². The van der Waals surface area contributed by atoms with Gasteiger partial charge in [0, 0.05) is 12.4 Å². The number of nitrogens with two attached hydrogens (primary N) is 1. The molecule has 6 heteroatoms. The van der Waals surface area contributed by atoms with Gasteiger partial charge in [0.25, 0.3) is 0 Å². The largest absolute Gasteiger partial charge is 0.271 e. The first-order valence-electron chi connectivity index (χ1n) is 5.61. The molecule has 0 aliphatic heterocycles. The first kappa shape index (κ1) is 14.6. The van der Waals surface area contributed by atoms with Crippen LogP contribution in [0.2, 0.25) is 15.1 Å². The third kappa shape index (κ3) is 3.59. The van der Waals surface area contributed by atoms with Crippen LogP contribution in [0.25, 0.3) is 0 Å². The summed E-state index contributed by atoms with van der Waals surface area (Å²) >= 11 is 18.0. The Bertz CT molecular complexity index is 575. The lowest BCUT2D eigenvalue weighted by Gasteiger charge is -2.17. The molecule has 0 fully saturated rings. The summed E-state index contributed by atoms with van der Waals surface area (Å²) in [5.41, 5.74) is 4.67. The highest BCUT2D eigenvalue weighted by molar-refractivity contribution is 6.42. The quantitative estimate of drug-likeness (QED) is 0.666. The second kappa shape index (κ2) is 6.55. The zero-order valence-corrected chi connectivity index (χ0v) is 12.2. The molecule has 0 saturated carbocycles. The molecule has 1 heterocycles. The number of nitrogens with zero attached hydrogens (tertiary/aromatic N) is 1. The van der Waals surface area contributed by atoms with Gasteiger partial charge >= 0.3 is 0 Å². The van der Waals surface area contributed by atoms with Gasteiger partial charge < -0.3 is 0 Å². The fourth-order valence-corrected chi connectivity index (χ4v) is 2.40. The van der Waals surface area contributed by atoms with Crippen molar-refractivity contribution < 1.29 is 0 Å². The molecule has 0 radical (unpaired) electrons. The maximum Gasteiger partial charge on any atom is 0.0637 e. The van der Waals surface area contributed by atoms with Gasteiger partial charge in [-0.1, -0.05) is 40.9 Å². The van der Waals surface area contributed by atoms with Crippen molar-refractivity contribution in [3.8, 4) is 0 Å². The normalized spacial score (nSPS) is 12.4. The molecule has 0 saturated heterocycles. The van der Waals surface area contributed by atoms with Crippen LogP contribution in [0.1, 0.15) is 17.2 Å². The minimum Gasteiger partial charge on any atom is -0.271 e. The van der Waals surface area contributed by atoms with Gasteiger partial charge in [-0.2, -0.15) is 0 Å². The van der Waals surface area contributed by atoms with Crippen LogP contribution in [-0.4, -0.2) is 4.98 Å². The number of pyridine rings is 1. The topological polar surface area (TPSA) is 50.9 Å². The number of hydrogen-bond acceptors (Lipinski definition) is 3. The van der Waals surface area contributed by atoms with E-state index in [9.17, 15) is 0 Å². The molecule has 2 aromatic rings. The summed E-state index contributed by atoms with van der Waals surface area (Å²) in [4.78, 5) is 3.96. The third-order valence-corrected chi connectivity index (χ3v) is 3.86. The third-order valence-electron chi connectivity index (χ3n) is 2.80. The highest BCUT2D eigenvalue weighted by Crippen LogP contribution is 2.27. The fourth-order valence-electron chi connectivity index (χ4n) is 1.83. The van der Waals surface area contributed by atoms with Crippen molar-refractivity contribution in [2.45, 2.75) is 12.5 Å². The minimum atomic E-state index is -0.118. The van der Waals surface area contributed by atoms with Crippen LogP contribution in [0.4, 0.5) is 0 Å². The van der Waals surface area contributed by atoms with Gasteiger partial charge in [-0.3, -0.25) is 16.3 Å². The Labute approximate surface area is 126 Å². The van der Waals surface area contributed by atoms with Crippen LogP contribution in [0.3, 0.4) is 0 Å². The van der Waals surface area contributed by atoms with E-state index in [1.54, 1.807) is 18.5 Å². The molecular formula is C13H12Cl3N3. The Balaban J connectivity index is 2.24. The minimum absolute atomic E-state index is 0.118. The Morgan fingerprint density at radius 1 is 1.11 bits per heavy atom. The molecule has 1 aromatic heterocycles. The predicted molar refractivity (Wildman–Crippen MR) is 79.5 cm³/mol. The second-order valence-electron chi connectivity index (χ2n) is 4.07. The van der Waals surface area contributed by atoms with Gasteiger partial charge in [0.15, 0.2) is 0 Å². The van der Waals surface area contributed by atoms with Gasteiger partial charge in [0.05, 0.1) is 21.1 Å². The molecule has 0 aliphatic carbocycles. The standard InChI is InChI=1S/C13H12Cl3N3/c14-10-2-1-8(5-11(10)15)6-13(19-17)9-3-4-18-7-12(9)16/h1-5,7,13,19H,6,17H2. The van der Waals surface area contributed by atoms with Crippen molar-refractivity contribution in [2.75, 3.05) is 0 Å². The van der Waals surface area contributed by atoms with E-state index in [0.29, 0.717) is 21.5 Å². The molecular weight excluding hydrogens is 305 g/mol. The van der Waals surface area contributed by atoms with Crippen molar-refractivity contribution in [3.63, 3.8) is 0 Å². The lowest BCUT2D eigenvalue weighted by molar-refractivity contribution is 0.551. The van der Waals surface area contributed by atoms with E-state index < -0.39 is 0 Å². The number of nitrogens with one attached hydrogen (secondary N) is 1. The molecule has 100 valence electrons. The van der Waals surface area contributed by atoms with E-state index >= 15 is 0 Å². The number of hydrogen-bond donors (Lipinski definition) is 2. The Hall–Kier alpha value is -0.840. The van der Waals surface area contributed by atoms with Gasteiger partial charge in [0.2, 0.25) is 0 Å². The molecule has 1 aromatic carbocycles. The van der Waals surface area contributed by atoms with Crippen molar-refractivity contribution >= 4 is 34.8 Å². The van der Waals surface area contributed by atoms with Crippen LogP contribution in [0, 0.1) is 0 Å². The highest BCUT2D eigenvalue weighted by Gasteiger charge is 2.14. The Morgan fingerprint density at radius 3 is 2.53 bits per heavy atom. The van der Waals surface area contributed by atoms with Crippen molar-refractivity contribution in [2.24, 2.45) is 5.84 Å². The summed E-state index contributed by atoms with van der Waals surface area (Å²) in [5.74, 6) is 5.60. The Kier molecular flexibility index (Phi) is 5.02. The number of aromatic nitrogens is 1. The molecule has 0 bridgehead atoms. The smallest absolute Gasteiger partial charge is 0.0637 e. The molecule has 3 nitrogen and oxygen atoms in total. The molecule has 3 N–H and O–H groups in total. The Morgan fingerprint density at radius 2 is 1.89 bits per heavy atom. The van der Waals surface area contributed by atoms with Crippen LogP contribution in [-0.2, 0) is 6.42 Å². The number of hydrazine groups is 1. The van der Waals surface area contributed by atoms with Gasteiger partial charge in [0.1, 0.15) is 0 Å². The summed E-state index contributed by atoms with van der Waals surface area (Å²) < 4.78 is 0. The number of rotatable bonds is 4. The van der Waals surface area contributed by atoms with Gasteiger partial charge in [-0.05, 0) is 35.7 Å². The molecule has 1 atom stereocenters.